The molecule has 10 nitrogen and oxygen atoms in total. The van der Waals surface area contributed by atoms with Crippen molar-refractivity contribution in [2.45, 2.75) is 32.7 Å². The second-order valence-corrected chi connectivity index (χ2v) is 7.93. The van der Waals surface area contributed by atoms with Crippen LogP contribution in [0.15, 0.2) is 53.8 Å². The van der Waals surface area contributed by atoms with E-state index in [0.29, 0.717) is 36.0 Å². The molecule has 1 aromatic carbocycles. The number of rotatable bonds is 9. The first-order chi connectivity index (χ1) is 15.6. The summed E-state index contributed by atoms with van der Waals surface area (Å²) in [5.74, 6) is 1.53. The molecule has 0 aliphatic heterocycles. The van der Waals surface area contributed by atoms with E-state index in [4.69, 9.17) is 0 Å². The minimum atomic E-state index is -0.134. The number of aromatic nitrogens is 8. The van der Waals surface area contributed by atoms with E-state index in [1.54, 1.807) is 40.2 Å². The highest BCUT2D eigenvalue weighted by Gasteiger charge is 2.16. The van der Waals surface area contributed by atoms with Gasteiger partial charge in [-0.25, -0.2) is 24.6 Å². The Labute approximate surface area is 193 Å². The molecule has 11 heteroatoms. The number of halogens is 1. The molecule has 0 unspecified atom stereocenters. The summed E-state index contributed by atoms with van der Waals surface area (Å²) in [6, 6.07) is 7.28. The first-order valence-corrected chi connectivity index (χ1v) is 11.1. The van der Waals surface area contributed by atoms with E-state index in [0.717, 1.165) is 29.5 Å². The highest BCUT2D eigenvalue weighted by molar-refractivity contribution is 9.10. The smallest absolute Gasteiger partial charge is 0.251 e. The summed E-state index contributed by atoms with van der Waals surface area (Å²) in [5.41, 5.74) is 1.27. The maximum Gasteiger partial charge on any atom is 0.251 e. The van der Waals surface area contributed by atoms with Gasteiger partial charge in [-0.1, -0.05) is 13.0 Å². The maximum atomic E-state index is 12.7. The number of benzene rings is 1. The lowest BCUT2D eigenvalue weighted by molar-refractivity contribution is 0.0953. The van der Waals surface area contributed by atoms with Crippen LogP contribution in [0.25, 0.3) is 17.3 Å². The van der Waals surface area contributed by atoms with Crippen LogP contribution in [0.2, 0.25) is 0 Å². The van der Waals surface area contributed by atoms with E-state index in [1.165, 1.54) is 6.33 Å². The van der Waals surface area contributed by atoms with Crippen molar-refractivity contribution < 1.29 is 4.79 Å². The summed E-state index contributed by atoms with van der Waals surface area (Å²) < 4.78 is 4.24. The Balaban J connectivity index is 1.46. The third kappa shape index (κ3) is 5.22. The van der Waals surface area contributed by atoms with Crippen LogP contribution in [-0.2, 0) is 13.0 Å². The largest absolute Gasteiger partial charge is 0.352 e. The van der Waals surface area contributed by atoms with E-state index in [9.17, 15) is 4.79 Å². The lowest BCUT2D eigenvalue weighted by Crippen LogP contribution is -2.24. The molecule has 3 heterocycles. The van der Waals surface area contributed by atoms with Crippen LogP contribution in [0.5, 0.6) is 0 Å². The minimum Gasteiger partial charge on any atom is -0.352 e. The molecule has 0 radical (unpaired) electrons. The molecule has 0 aliphatic carbocycles. The van der Waals surface area contributed by atoms with E-state index >= 15 is 0 Å². The number of nitrogens with zero attached hydrogens (tertiary/aromatic N) is 8. The molecule has 0 fully saturated rings. The van der Waals surface area contributed by atoms with Crippen LogP contribution in [0.4, 0.5) is 0 Å². The van der Waals surface area contributed by atoms with Crippen LogP contribution in [0, 0.1) is 0 Å². The van der Waals surface area contributed by atoms with Crippen molar-refractivity contribution in [1.29, 1.82) is 0 Å². The Morgan fingerprint density at radius 1 is 1.19 bits per heavy atom. The van der Waals surface area contributed by atoms with Crippen molar-refractivity contribution in [2.75, 3.05) is 6.54 Å². The van der Waals surface area contributed by atoms with Gasteiger partial charge in [-0.05, 0) is 47.0 Å². The topological polar surface area (TPSA) is 116 Å². The molecule has 4 aromatic rings. The van der Waals surface area contributed by atoms with Gasteiger partial charge in [-0.15, -0.1) is 0 Å². The van der Waals surface area contributed by atoms with Crippen molar-refractivity contribution in [2.24, 2.45) is 0 Å². The van der Waals surface area contributed by atoms with Gasteiger partial charge in [-0.2, -0.15) is 10.2 Å². The summed E-state index contributed by atoms with van der Waals surface area (Å²) >= 11 is 3.35. The van der Waals surface area contributed by atoms with Crippen LogP contribution < -0.4 is 5.32 Å². The summed E-state index contributed by atoms with van der Waals surface area (Å²) in [6.45, 7) is 3.34. The highest BCUT2D eigenvalue weighted by Crippen LogP contribution is 2.20. The fourth-order valence-electron chi connectivity index (χ4n) is 3.09. The fraction of sp³-hybridized carbons (Fsp3) is 0.286. The molecule has 0 aliphatic rings. The minimum absolute atomic E-state index is 0.134. The number of unbranched alkanes of at least 4 members (excludes halogenated alkanes) is 1. The van der Waals surface area contributed by atoms with Gasteiger partial charge in [0.05, 0.1) is 10.2 Å². The molecule has 0 bridgehead atoms. The third-order valence-corrected chi connectivity index (χ3v) is 5.12. The molecule has 164 valence electrons. The van der Waals surface area contributed by atoms with Crippen molar-refractivity contribution in [3.63, 3.8) is 0 Å². The van der Waals surface area contributed by atoms with Crippen molar-refractivity contribution in [3.05, 3.63) is 65.2 Å². The summed E-state index contributed by atoms with van der Waals surface area (Å²) in [4.78, 5) is 29.8. The monoisotopic (exact) mass is 495 g/mol. The van der Waals surface area contributed by atoms with Crippen molar-refractivity contribution in [1.82, 2.24) is 44.8 Å². The molecular formula is C21H22BrN9O. The fourth-order valence-corrected chi connectivity index (χ4v) is 3.29. The number of carbonyl (C=O) groups excluding carboxylic acids is 1. The highest BCUT2D eigenvalue weighted by atomic mass is 79.9. The number of nitrogens with one attached hydrogen (secondary N) is 1. The predicted octanol–water partition coefficient (Wildman–Crippen LogP) is 2.85. The number of hydrogen-bond acceptors (Lipinski definition) is 7. The zero-order valence-corrected chi connectivity index (χ0v) is 19.1. The molecule has 32 heavy (non-hydrogen) atoms. The molecule has 0 atom stereocenters. The Bertz CT molecular complexity index is 1170. The van der Waals surface area contributed by atoms with Crippen LogP contribution in [0.3, 0.4) is 0 Å². The molecule has 4 rings (SSSR count). The van der Waals surface area contributed by atoms with Gasteiger partial charge in [0.25, 0.3) is 5.91 Å². The van der Waals surface area contributed by atoms with E-state index in [2.05, 4.69) is 51.4 Å². The number of hydrogen-bond donors (Lipinski definition) is 1. The van der Waals surface area contributed by atoms with Crippen LogP contribution in [0.1, 0.15) is 35.9 Å². The van der Waals surface area contributed by atoms with Gasteiger partial charge in [0.2, 0.25) is 5.82 Å². The lowest BCUT2D eigenvalue weighted by Gasteiger charge is -2.09. The molecule has 1 N–H and O–H groups in total. The second-order valence-electron chi connectivity index (χ2n) is 7.01. The molecule has 1 amide bonds. The van der Waals surface area contributed by atoms with E-state index in [-0.39, 0.29) is 5.91 Å². The second kappa shape index (κ2) is 10.2. The number of carbonyl (C=O) groups is 1. The van der Waals surface area contributed by atoms with Gasteiger partial charge in [0.15, 0.2) is 11.6 Å². The molecular weight excluding hydrogens is 474 g/mol. The number of amides is 1. The molecule has 0 saturated heterocycles. The van der Waals surface area contributed by atoms with Crippen molar-refractivity contribution >= 4 is 21.8 Å². The maximum absolute atomic E-state index is 12.7. The summed E-state index contributed by atoms with van der Waals surface area (Å²) in [7, 11) is 0. The van der Waals surface area contributed by atoms with Gasteiger partial charge >= 0.3 is 0 Å². The zero-order valence-electron chi connectivity index (χ0n) is 17.5. The van der Waals surface area contributed by atoms with E-state index in [1.807, 2.05) is 19.1 Å². The normalized spacial score (nSPS) is 10.9. The molecule has 3 aromatic heterocycles. The van der Waals surface area contributed by atoms with Gasteiger partial charge in [0.1, 0.15) is 12.7 Å². The Morgan fingerprint density at radius 3 is 2.78 bits per heavy atom. The Morgan fingerprint density at radius 2 is 2.03 bits per heavy atom. The molecule has 0 saturated carbocycles. The lowest BCUT2D eigenvalue weighted by atomic mass is 10.2. The molecule has 0 spiro atoms. The average molecular weight is 496 g/mol. The van der Waals surface area contributed by atoms with Crippen LogP contribution >= 0.6 is 15.9 Å². The Hall–Kier alpha value is -3.47. The summed E-state index contributed by atoms with van der Waals surface area (Å²) in [5, 5.41) is 11.6. The first kappa shape index (κ1) is 21.8. The van der Waals surface area contributed by atoms with Gasteiger partial charge < -0.3 is 5.32 Å². The average Bonchev–Trinajstić information content (AvgIpc) is 3.49. The van der Waals surface area contributed by atoms with Gasteiger partial charge in [0, 0.05) is 37.5 Å². The van der Waals surface area contributed by atoms with Crippen molar-refractivity contribution in [3.8, 4) is 17.3 Å². The standard InChI is InChI=1S/C21H22BrN9O/c1-2-18-28-20(19-25-11-16(22)12-26-19)31(29-18)17-7-5-6-15(10-17)21(32)24-8-3-4-9-30-14-23-13-27-30/h5-7,10-14H,2-4,8-9H2,1H3,(H,24,32). The zero-order chi connectivity index (χ0) is 22.3. The first-order valence-electron chi connectivity index (χ1n) is 10.3. The van der Waals surface area contributed by atoms with E-state index < -0.39 is 0 Å². The SMILES string of the molecule is CCc1nc(-c2ncc(Br)cn2)n(-c2cccc(C(=O)NCCCCn3cncn3)c2)n1. The number of aryl methyl sites for hydroxylation is 2. The Kier molecular flexibility index (Phi) is 6.95. The predicted molar refractivity (Wildman–Crippen MR) is 121 cm³/mol. The summed E-state index contributed by atoms with van der Waals surface area (Å²) in [6.07, 6.45) is 8.95. The van der Waals surface area contributed by atoms with Gasteiger partial charge in [-0.3, -0.25) is 9.48 Å². The van der Waals surface area contributed by atoms with Crippen LogP contribution in [-0.4, -0.2) is 51.9 Å². The third-order valence-electron chi connectivity index (χ3n) is 4.71. The quantitative estimate of drug-likeness (QED) is 0.354.